The molecule has 34 heavy (non-hydrogen) atoms. The van der Waals surface area contributed by atoms with Gasteiger partial charge in [-0.3, -0.25) is 4.79 Å². The van der Waals surface area contributed by atoms with Gasteiger partial charge in [0, 0.05) is 23.4 Å². The summed E-state index contributed by atoms with van der Waals surface area (Å²) in [6, 6.07) is 12.9. The number of para-hydroxylation sites is 1. The normalized spacial score (nSPS) is 15.5. The topological polar surface area (TPSA) is 129 Å². The summed E-state index contributed by atoms with van der Waals surface area (Å²) in [7, 11) is -1.37. The standard InChI is InChI=1S/C23H21BN2O6S2/c1-13-5-7-14(8-6-13)11-33-23-25-18(12-34-23)20(26-31)19(27)10-16-9-15-3-2-4-17(22(28)29)21(15)32-24(16)30/h2-8,12,16,30-31H,9-11H2,1H3,(H,28,29)/b26-20-/t16-/m1/s1. The largest absolute Gasteiger partial charge is 0.535 e. The minimum absolute atomic E-state index is 0.0444. The Morgan fingerprint density at radius 1 is 1.26 bits per heavy atom. The second kappa shape index (κ2) is 10.4. The summed E-state index contributed by atoms with van der Waals surface area (Å²) in [4.78, 5) is 28.7. The lowest BCUT2D eigenvalue weighted by molar-refractivity contribution is -0.113. The van der Waals surface area contributed by atoms with Gasteiger partial charge >= 0.3 is 13.1 Å². The van der Waals surface area contributed by atoms with Gasteiger partial charge in [0.1, 0.15) is 11.4 Å². The number of benzene rings is 2. The minimum atomic E-state index is -1.37. The number of carbonyl (C=O) groups excluding carboxylic acids is 1. The number of thiazole rings is 1. The minimum Gasteiger partial charge on any atom is -0.535 e. The van der Waals surface area contributed by atoms with Gasteiger partial charge in [0.2, 0.25) is 0 Å². The maximum atomic E-state index is 12.9. The smallest absolute Gasteiger partial charge is 0.526 e. The zero-order valence-corrected chi connectivity index (χ0v) is 19.8. The van der Waals surface area contributed by atoms with E-state index in [2.05, 4.69) is 22.3 Å². The van der Waals surface area contributed by atoms with E-state index in [4.69, 9.17) is 4.65 Å². The summed E-state index contributed by atoms with van der Waals surface area (Å²) in [6.45, 7) is 2.03. The average molecular weight is 496 g/mol. The number of Topliss-reactive ketones (excluding diaryl/α,β-unsaturated/α-hetero) is 1. The fourth-order valence-electron chi connectivity index (χ4n) is 3.67. The summed E-state index contributed by atoms with van der Waals surface area (Å²) in [5.41, 5.74) is 2.97. The van der Waals surface area contributed by atoms with Crippen LogP contribution in [-0.4, -0.2) is 44.9 Å². The molecule has 0 spiro atoms. The van der Waals surface area contributed by atoms with Crippen LogP contribution in [0.2, 0.25) is 5.82 Å². The van der Waals surface area contributed by atoms with Crippen molar-refractivity contribution < 1.29 is 29.6 Å². The molecule has 0 saturated carbocycles. The lowest BCUT2D eigenvalue weighted by Gasteiger charge is -2.27. The Kier molecular flexibility index (Phi) is 7.35. The van der Waals surface area contributed by atoms with Crippen molar-refractivity contribution in [3.05, 3.63) is 75.8 Å². The molecule has 1 atom stereocenters. The molecule has 0 amide bonds. The van der Waals surface area contributed by atoms with Crippen LogP contribution in [0.3, 0.4) is 0 Å². The number of carboxylic acids is 1. The number of hydrogen-bond acceptors (Lipinski definition) is 9. The SMILES string of the molecule is Cc1ccc(CSc2nc(/C(=N/O)C(=O)C[C@H]3Cc4cccc(C(=O)O)c4OB3O)cs2)cc1. The molecule has 0 fully saturated rings. The number of hydrogen-bond donors (Lipinski definition) is 3. The predicted octanol–water partition coefficient (Wildman–Crippen LogP) is 4.07. The monoisotopic (exact) mass is 496 g/mol. The molecule has 0 saturated heterocycles. The zero-order valence-electron chi connectivity index (χ0n) is 18.2. The zero-order chi connectivity index (χ0) is 24.2. The molecular weight excluding hydrogens is 475 g/mol. The first-order chi connectivity index (χ1) is 16.4. The fourth-order valence-corrected chi connectivity index (χ4v) is 5.44. The van der Waals surface area contributed by atoms with Crippen LogP contribution >= 0.6 is 23.1 Å². The Morgan fingerprint density at radius 2 is 2.03 bits per heavy atom. The van der Waals surface area contributed by atoms with Gasteiger partial charge in [-0.1, -0.05) is 58.9 Å². The number of ketones is 1. The third kappa shape index (κ3) is 5.32. The Morgan fingerprint density at radius 3 is 2.74 bits per heavy atom. The number of rotatable bonds is 8. The summed E-state index contributed by atoms with van der Waals surface area (Å²) in [5, 5.41) is 34.1. The highest BCUT2D eigenvalue weighted by Crippen LogP contribution is 2.36. The van der Waals surface area contributed by atoms with Crippen molar-refractivity contribution in [1.29, 1.82) is 0 Å². The van der Waals surface area contributed by atoms with Crippen LogP contribution in [0.5, 0.6) is 5.75 Å². The first-order valence-electron chi connectivity index (χ1n) is 10.4. The molecule has 1 aromatic heterocycles. The van der Waals surface area contributed by atoms with Crippen LogP contribution in [0.4, 0.5) is 0 Å². The van der Waals surface area contributed by atoms with Gasteiger partial charge in [0.25, 0.3) is 0 Å². The van der Waals surface area contributed by atoms with Gasteiger partial charge in [-0.15, -0.1) is 11.3 Å². The number of carboxylic acid groups (broad SMARTS) is 1. The van der Waals surface area contributed by atoms with Crippen LogP contribution in [0.1, 0.15) is 39.2 Å². The number of oxime groups is 1. The average Bonchev–Trinajstić information content (AvgIpc) is 3.27. The van der Waals surface area contributed by atoms with Crippen LogP contribution in [-0.2, 0) is 17.0 Å². The predicted molar refractivity (Wildman–Crippen MR) is 130 cm³/mol. The lowest BCUT2D eigenvalue weighted by Crippen LogP contribution is -2.36. The lowest BCUT2D eigenvalue weighted by atomic mass is 9.64. The van der Waals surface area contributed by atoms with E-state index in [0.29, 0.717) is 5.56 Å². The number of fused-ring (bicyclic) bond motifs is 1. The van der Waals surface area contributed by atoms with Crippen molar-refractivity contribution in [2.45, 2.75) is 35.7 Å². The van der Waals surface area contributed by atoms with Gasteiger partial charge in [0.05, 0.1) is 5.56 Å². The molecule has 0 radical (unpaired) electrons. The molecule has 11 heteroatoms. The van der Waals surface area contributed by atoms with E-state index < -0.39 is 24.7 Å². The molecule has 1 aliphatic rings. The van der Waals surface area contributed by atoms with Crippen molar-refractivity contribution in [2.24, 2.45) is 5.16 Å². The summed E-state index contributed by atoms with van der Waals surface area (Å²) in [5.74, 6) is -1.45. The molecule has 174 valence electrons. The molecule has 0 aliphatic carbocycles. The highest BCUT2D eigenvalue weighted by atomic mass is 32.2. The van der Waals surface area contributed by atoms with Crippen LogP contribution in [0.15, 0.2) is 57.3 Å². The third-order valence-electron chi connectivity index (χ3n) is 5.47. The first kappa shape index (κ1) is 24.0. The Bertz CT molecular complexity index is 1240. The van der Waals surface area contributed by atoms with E-state index in [1.54, 1.807) is 17.5 Å². The van der Waals surface area contributed by atoms with Crippen molar-refractivity contribution in [2.75, 3.05) is 0 Å². The Labute approximate surface area is 204 Å². The molecule has 0 unspecified atom stereocenters. The molecule has 2 heterocycles. The van der Waals surface area contributed by atoms with E-state index in [0.717, 1.165) is 15.7 Å². The van der Waals surface area contributed by atoms with Crippen molar-refractivity contribution in [1.82, 2.24) is 4.98 Å². The third-order valence-corrected chi connectivity index (χ3v) is 7.56. The fraction of sp³-hybridized carbons (Fsp3) is 0.217. The molecule has 4 rings (SSSR count). The highest BCUT2D eigenvalue weighted by molar-refractivity contribution is 8.00. The van der Waals surface area contributed by atoms with Crippen LogP contribution < -0.4 is 4.65 Å². The van der Waals surface area contributed by atoms with Gasteiger partial charge in [-0.2, -0.15) is 0 Å². The number of thioether (sulfide) groups is 1. The van der Waals surface area contributed by atoms with E-state index in [-0.39, 0.29) is 35.6 Å². The first-order valence-corrected chi connectivity index (χ1v) is 12.3. The van der Waals surface area contributed by atoms with Crippen molar-refractivity contribution in [3.63, 3.8) is 0 Å². The van der Waals surface area contributed by atoms with Crippen LogP contribution in [0.25, 0.3) is 0 Å². The van der Waals surface area contributed by atoms with Crippen molar-refractivity contribution in [3.8, 4) is 5.75 Å². The second-order valence-corrected chi connectivity index (χ2v) is 10.0. The van der Waals surface area contributed by atoms with Gasteiger partial charge < -0.3 is 20.0 Å². The molecule has 3 aromatic rings. The maximum absolute atomic E-state index is 12.9. The summed E-state index contributed by atoms with van der Waals surface area (Å²) < 4.78 is 6.18. The van der Waals surface area contributed by atoms with Crippen LogP contribution in [0, 0.1) is 6.92 Å². The molecule has 3 N–H and O–H groups in total. The molecule has 2 aromatic carbocycles. The Balaban J connectivity index is 1.42. The quantitative estimate of drug-likeness (QED) is 0.140. The number of aromatic nitrogens is 1. The van der Waals surface area contributed by atoms with E-state index >= 15 is 0 Å². The van der Waals surface area contributed by atoms with E-state index in [1.165, 1.54) is 34.7 Å². The van der Waals surface area contributed by atoms with Gasteiger partial charge in [-0.05, 0) is 30.5 Å². The van der Waals surface area contributed by atoms with Gasteiger partial charge in [0.15, 0.2) is 15.8 Å². The molecule has 0 bridgehead atoms. The number of aryl methyl sites for hydroxylation is 1. The maximum Gasteiger partial charge on any atom is 0.526 e. The molecule has 1 aliphatic heterocycles. The van der Waals surface area contributed by atoms with Crippen molar-refractivity contribution >= 4 is 47.7 Å². The van der Waals surface area contributed by atoms with Gasteiger partial charge in [-0.25, -0.2) is 9.78 Å². The summed E-state index contributed by atoms with van der Waals surface area (Å²) >= 11 is 2.88. The molecule has 8 nitrogen and oxygen atoms in total. The Hall–Kier alpha value is -3.15. The second-order valence-electron chi connectivity index (χ2n) is 7.92. The number of nitrogens with zero attached hydrogens (tertiary/aromatic N) is 2. The highest BCUT2D eigenvalue weighted by Gasteiger charge is 2.38. The van der Waals surface area contributed by atoms with E-state index in [9.17, 15) is 24.9 Å². The van der Waals surface area contributed by atoms with E-state index in [1.807, 2.05) is 19.1 Å². The molecular formula is C23H21BN2O6S2. The number of carbonyl (C=O) groups is 2. The number of aromatic carboxylic acids is 1. The summed E-state index contributed by atoms with van der Waals surface area (Å²) in [6.07, 6.45) is 0.0947.